The maximum atomic E-state index is 12.6. The standard InChI is InChI=1S/C16H26ClN5O2/c1-19-13-14(17)15(18-19)16(23)22-4-2-3-20(7-8-22)5-6-21-9-11-24-12-10-21/h13H,2-12H2,1H3. The van der Waals surface area contributed by atoms with Gasteiger partial charge in [-0.15, -0.1) is 0 Å². The number of carbonyl (C=O) groups is 1. The molecule has 0 atom stereocenters. The molecule has 2 aliphatic heterocycles. The van der Waals surface area contributed by atoms with Gasteiger partial charge in [0.1, 0.15) is 0 Å². The van der Waals surface area contributed by atoms with Gasteiger partial charge in [-0.05, 0) is 13.0 Å². The zero-order valence-corrected chi connectivity index (χ0v) is 15.0. The average Bonchev–Trinajstić information content (AvgIpc) is 2.79. The minimum atomic E-state index is -0.0596. The number of hydrogen-bond acceptors (Lipinski definition) is 5. The molecule has 3 rings (SSSR count). The molecule has 0 N–H and O–H groups in total. The van der Waals surface area contributed by atoms with Crippen LogP contribution in [0.15, 0.2) is 6.20 Å². The number of aryl methyl sites for hydroxylation is 1. The number of hydrogen-bond donors (Lipinski definition) is 0. The lowest BCUT2D eigenvalue weighted by atomic mass is 10.3. The van der Waals surface area contributed by atoms with Crippen molar-refractivity contribution < 1.29 is 9.53 Å². The summed E-state index contributed by atoms with van der Waals surface area (Å²) in [6, 6.07) is 0. The largest absolute Gasteiger partial charge is 0.379 e. The van der Waals surface area contributed by atoms with Crippen molar-refractivity contribution in [2.24, 2.45) is 7.05 Å². The summed E-state index contributed by atoms with van der Waals surface area (Å²) < 4.78 is 6.97. The van der Waals surface area contributed by atoms with Gasteiger partial charge in [0.25, 0.3) is 5.91 Å². The summed E-state index contributed by atoms with van der Waals surface area (Å²) >= 11 is 6.11. The van der Waals surface area contributed by atoms with Crippen LogP contribution in [0.4, 0.5) is 0 Å². The first-order chi connectivity index (χ1) is 11.6. The Hall–Kier alpha value is -1.15. The highest BCUT2D eigenvalue weighted by Gasteiger charge is 2.24. The van der Waals surface area contributed by atoms with Crippen molar-refractivity contribution in [2.45, 2.75) is 6.42 Å². The monoisotopic (exact) mass is 355 g/mol. The van der Waals surface area contributed by atoms with E-state index in [0.717, 1.165) is 72.0 Å². The Balaban J connectivity index is 1.49. The molecule has 1 aromatic heterocycles. The Bertz CT molecular complexity index is 559. The fourth-order valence-electron chi connectivity index (χ4n) is 3.26. The summed E-state index contributed by atoms with van der Waals surface area (Å²) in [6.45, 7) is 9.28. The normalized spacial score (nSPS) is 21.0. The first kappa shape index (κ1) is 17.7. The lowest BCUT2D eigenvalue weighted by Crippen LogP contribution is -2.42. The third kappa shape index (κ3) is 4.47. The average molecular weight is 356 g/mol. The molecule has 0 saturated carbocycles. The van der Waals surface area contributed by atoms with E-state index >= 15 is 0 Å². The molecule has 0 spiro atoms. The Morgan fingerprint density at radius 3 is 2.50 bits per heavy atom. The second-order valence-corrected chi connectivity index (χ2v) is 6.85. The highest BCUT2D eigenvalue weighted by atomic mass is 35.5. The van der Waals surface area contributed by atoms with Crippen LogP contribution in [0, 0.1) is 0 Å². The number of nitrogens with zero attached hydrogens (tertiary/aromatic N) is 5. The smallest absolute Gasteiger partial charge is 0.275 e. The molecule has 0 aliphatic carbocycles. The summed E-state index contributed by atoms with van der Waals surface area (Å²) in [5.74, 6) is -0.0596. The first-order valence-electron chi connectivity index (χ1n) is 8.64. The van der Waals surface area contributed by atoms with E-state index in [1.165, 1.54) is 0 Å². The molecule has 0 bridgehead atoms. The van der Waals surface area contributed by atoms with Gasteiger partial charge in [-0.3, -0.25) is 14.4 Å². The molecule has 134 valence electrons. The van der Waals surface area contributed by atoms with E-state index in [2.05, 4.69) is 14.9 Å². The van der Waals surface area contributed by atoms with E-state index in [9.17, 15) is 4.79 Å². The second kappa shape index (κ2) is 8.29. The van der Waals surface area contributed by atoms with Crippen LogP contribution in [0.3, 0.4) is 0 Å². The first-order valence-corrected chi connectivity index (χ1v) is 9.02. The topological polar surface area (TPSA) is 53.8 Å². The molecule has 0 aromatic carbocycles. The molecule has 3 heterocycles. The van der Waals surface area contributed by atoms with Crippen LogP contribution in [0.25, 0.3) is 0 Å². The molecule has 2 saturated heterocycles. The van der Waals surface area contributed by atoms with E-state index < -0.39 is 0 Å². The molecule has 1 amide bonds. The van der Waals surface area contributed by atoms with Crippen molar-refractivity contribution in [3.05, 3.63) is 16.9 Å². The van der Waals surface area contributed by atoms with Gasteiger partial charge in [-0.1, -0.05) is 11.6 Å². The van der Waals surface area contributed by atoms with Gasteiger partial charge in [-0.25, -0.2) is 0 Å². The van der Waals surface area contributed by atoms with Gasteiger partial charge in [0, 0.05) is 59.1 Å². The molecule has 0 radical (unpaired) electrons. The molecule has 2 fully saturated rings. The quantitative estimate of drug-likeness (QED) is 0.789. The van der Waals surface area contributed by atoms with Gasteiger partial charge in [0.15, 0.2) is 5.69 Å². The number of halogens is 1. The van der Waals surface area contributed by atoms with Crippen LogP contribution in [-0.4, -0.2) is 96.0 Å². The van der Waals surface area contributed by atoms with E-state index in [1.807, 2.05) is 4.90 Å². The van der Waals surface area contributed by atoms with Crippen molar-refractivity contribution >= 4 is 17.5 Å². The van der Waals surface area contributed by atoms with Gasteiger partial charge in [0.05, 0.1) is 18.2 Å². The number of aromatic nitrogens is 2. The van der Waals surface area contributed by atoms with Crippen LogP contribution >= 0.6 is 11.6 Å². The molecule has 7 nitrogen and oxygen atoms in total. The zero-order chi connectivity index (χ0) is 16.9. The van der Waals surface area contributed by atoms with Crippen molar-refractivity contribution in [2.75, 3.05) is 65.6 Å². The third-order valence-corrected chi connectivity index (χ3v) is 4.98. The number of ether oxygens (including phenoxy) is 1. The molecule has 24 heavy (non-hydrogen) atoms. The van der Waals surface area contributed by atoms with E-state index in [4.69, 9.17) is 16.3 Å². The van der Waals surface area contributed by atoms with Crippen molar-refractivity contribution in [3.8, 4) is 0 Å². The number of rotatable bonds is 4. The molecule has 1 aromatic rings. The summed E-state index contributed by atoms with van der Waals surface area (Å²) in [5, 5.41) is 4.62. The Kier molecular flexibility index (Phi) is 6.10. The van der Waals surface area contributed by atoms with Crippen LogP contribution in [0.5, 0.6) is 0 Å². The number of carbonyl (C=O) groups excluding carboxylic acids is 1. The highest BCUT2D eigenvalue weighted by molar-refractivity contribution is 6.33. The Morgan fingerprint density at radius 2 is 1.83 bits per heavy atom. The van der Waals surface area contributed by atoms with Gasteiger partial charge in [0.2, 0.25) is 0 Å². The van der Waals surface area contributed by atoms with Crippen LogP contribution in [0.1, 0.15) is 16.9 Å². The maximum absolute atomic E-state index is 12.6. The van der Waals surface area contributed by atoms with Crippen LogP contribution < -0.4 is 0 Å². The molecule has 8 heteroatoms. The van der Waals surface area contributed by atoms with Gasteiger partial charge >= 0.3 is 0 Å². The third-order valence-electron chi connectivity index (χ3n) is 4.70. The minimum Gasteiger partial charge on any atom is -0.379 e. The Morgan fingerprint density at radius 1 is 1.12 bits per heavy atom. The summed E-state index contributed by atoms with van der Waals surface area (Å²) in [5.41, 5.74) is 0.362. The van der Waals surface area contributed by atoms with Crippen molar-refractivity contribution in [1.82, 2.24) is 24.5 Å². The lowest BCUT2D eigenvalue weighted by Gasteiger charge is -2.29. The Labute approximate surface area is 148 Å². The van der Waals surface area contributed by atoms with Gasteiger partial charge in [-0.2, -0.15) is 5.10 Å². The maximum Gasteiger partial charge on any atom is 0.275 e. The molecule has 2 aliphatic rings. The summed E-state index contributed by atoms with van der Waals surface area (Å²) in [4.78, 5) is 19.4. The van der Waals surface area contributed by atoms with E-state index in [0.29, 0.717) is 10.7 Å². The molecular formula is C16H26ClN5O2. The van der Waals surface area contributed by atoms with Crippen LogP contribution in [-0.2, 0) is 11.8 Å². The summed E-state index contributed by atoms with van der Waals surface area (Å²) in [6.07, 6.45) is 2.65. The molecular weight excluding hydrogens is 330 g/mol. The fraction of sp³-hybridized carbons (Fsp3) is 0.750. The van der Waals surface area contributed by atoms with E-state index in [1.54, 1.807) is 17.9 Å². The van der Waals surface area contributed by atoms with Crippen molar-refractivity contribution in [3.63, 3.8) is 0 Å². The van der Waals surface area contributed by atoms with E-state index in [-0.39, 0.29) is 5.91 Å². The number of amides is 1. The highest BCUT2D eigenvalue weighted by Crippen LogP contribution is 2.16. The lowest BCUT2D eigenvalue weighted by molar-refractivity contribution is 0.0335. The van der Waals surface area contributed by atoms with Crippen LogP contribution in [0.2, 0.25) is 5.02 Å². The van der Waals surface area contributed by atoms with Gasteiger partial charge < -0.3 is 14.5 Å². The number of morpholine rings is 1. The molecule has 0 unspecified atom stereocenters. The second-order valence-electron chi connectivity index (χ2n) is 6.44. The predicted octanol–water partition coefficient (Wildman–Crippen LogP) is 0.554. The predicted molar refractivity (Wildman–Crippen MR) is 92.4 cm³/mol. The summed E-state index contributed by atoms with van der Waals surface area (Å²) in [7, 11) is 1.78. The van der Waals surface area contributed by atoms with Crippen molar-refractivity contribution in [1.29, 1.82) is 0 Å². The fourth-order valence-corrected chi connectivity index (χ4v) is 3.52. The zero-order valence-electron chi connectivity index (χ0n) is 14.3. The SMILES string of the molecule is Cn1cc(Cl)c(C(=O)N2CCCN(CCN3CCOCC3)CC2)n1. The minimum absolute atomic E-state index is 0.0596.